The van der Waals surface area contributed by atoms with Crippen molar-refractivity contribution in [2.24, 2.45) is 4.99 Å². The highest BCUT2D eigenvalue weighted by Gasteiger charge is 2.36. The number of hydrogen-bond donors (Lipinski definition) is 0. The Labute approximate surface area is 172 Å². The van der Waals surface area contributed by atoms with Crippen molar-refractivity contribution in [1.29, 1.82) is 0 Å². The van der Waals surface area contributed by atoms with Crippen LogP contribution in [0.3, 0.4) is 0 Å². The zero-order valence-electron chi connectivity index (χ0n) is 17.3. The Balaban J connectivity index is 1.85. The average Bonchev–Trinajstić information content (AvgIpc) is 2.89. The van der Waals surface area contributed by atoms with Gasteiger partial charge in [-0.3, -0.25) is 4.99 Å². The molecule has 1 aliphatic rings. The molecule has 0 spiro atoms. The Kier molecular flexibility index (Phi) is 5.01. The molecular weight excluding hydrogens is 360 g/mol. The van der Waals surface area contributed by atoms with E-state index in [4.69, 9.17) is 14.5 Å². The predicted molar refractivity (Wildman–Crippen MR) is 119 cm³/mol. The van der Waals surface area contributed by atoms with Gasteiger partial charge in [0.1, 0.15) is 11.5 Å². The van der Waals surface area contributed by atoms with Gasteiger partial charge in [-0.15, -0.1) is 0 Å². The first-order valence-corrected chi connectivity index (χ1v) is 9.74. The Morgan fingerprint density at radius 1 is 0.828 bits per heavy atom. The van der Waals surface area contributed by atoms with E-state index in [1.807, 2.05) is 30.3 Å². The molecule has 3 aromatic carbocycles. The van der Waals surface area contributed by atoms with Crippen LogP contribution < -0.4 is 14.4 Å². The number of aliphatic imine (C=N–C) groups is 1. The lowest BCUT2D eigenvalue weighted by Crippen LogP contribution is -2.42. The molecule has 4 nitrogen and oxygen atoms in total. The summed E-state index contributed by atoms with van der Waals surface area (Å²) in [5.74, 6) is 1.71. The van der Waals surface area contributed by atoms with Crippen molar-refractivity contribution in [3.05, 3.63) is 83.9 Å². The first-order valence-electron chi connectivity index (χ1n) is 9.74. The third-order valence-corrected chi connectivity index (χ3v) is 5.89. The molecule has 0 aromatic heterocycles. The molecule has 1 unspecified atom stereocenters. The fraction of sp³-hybridized carbons (Fsp3) is 0.240. The van der Waals surface area contributed by atoms with E-state index in [1.165, 1.54) is 5.56 Å². The fourth-order valence-electron chi connectivity index (χ4n) is 3.93. The minimum Gasteiger partial charge on any atom is -0.497 e. The third kappa shape index (κ3) is 3.46. The molecule has 0 aliphatic carbocycles. The van der Waals surface area contributed by atoms with E-state index in [2.05, 4.69) is 61.3 Å². The molecule has 4 heteroatoms. The van der Waals surface area contributed by atoms with Crippen LogP contribution in [-0.2, 0) is 5.54 Å². The second-order valence-electron chi connectivity index (χ2n) is 7.51. The maximum atomic E-state index is 5.36. The highest BCUT2D eigenvalue weighted by atomic mass is 16.5. The number of para-hydroxylation sites is 2. The molecule has 148 valence electrons. The lowest BCUT2D eigenvalue weighted by Gasteiger charge is -2.40. The molecule has 3 aromatic rings. The van der Waals surface area contributed by atoms with E-state index in [1.54, 1.807) is 14.2 Å². The standard InChI is InChI=1S/C25H26N2O2/c1-25(19-11-15-21(29-4)16-12-19)17-23(18-9-13-20(28-3)14-10-18)26-22-7-5-6-8-24(22)27(25)2/h5-16H,17H2,1-4H3. The molecule has 29 heavy (non-hydrogen) atoms. The van der Waals surface area contributed by atoms with Crippen molar-refractivity contribution in [3.63, 3.8) is 0 Å². The molecule has 4 rings (SSSR count). The Hall–Kier alpha value is -3.27. The number of methoxy groups -OCH3 is 2. The monoisotopic (exact) mass is 386 g/mol. The molecule has 0 fully saturated rings. The molecule has 0 saturated carbocycles. The van der Waals surface area contributed by atoms with Crippen LogP contribution in [0.25, 0.3) is 0 Å². The Bertz CT molecular complexity index is 1030. The molecule has 0 bridgehead atoms. The van der Waals surface area contributed by atoms with Crippen LogP contribution >= 0.6 is 0 Å². The molecule has 0 amide bonds. The van der Waals surface area contributed by atoms with E-state index >= 15 is 0 Å². The molecule has 1 aliphatic heterocycles. The Morgan fingerprint density at radius 3 is 2.03 bits per heavy atom. The zero-order valence-corrected chi connectivity index (χ0v) is 17.3. The van der Waals surface area contributed by atoms with Crippen LogP contribution in [0.5, 0.6) is 11.5 Å². The highest BCUT2D eigenvalue weighted by molar-refractivity contribution is 6.04. The molecule has 0 radical (unpaired) electrons. The van der Waals surface area contributed by atoms with Gasteiger partial charge in [0.2, 0.25) is 0 Å². The van der Waals surface area contributed by atoms with Gasteiger partial charge in [0.15, 0.2) is 0 Å². The van der Waals surface area contributed by atoms with Crippen molar-refractivity contribution >= 4 is 17.1 Å². The summed E-state index contributed by atoms with van der Waals surface area (Å²) in [4.78, 5) is 7.42. The van der Waals surface area contributed by atoms with Crippen molar-refractivity contribution < 1.29 is 9.47 Å². The second kappa shape index (κ2) is 7.63. The largest absolute Gasteiger partial charge is 0.497 e. The number of ether oxygens (including phenoxy) is 2. The van der Waals surface area contributed by atoms with Gasteiger partial charge in [0.25, 0.3) is 0 Å². The molecule has 1 atom stereocenters. The quantitative estimate of drug-likeness (QED) is 0.587. The lowest BCUT2D eigenvalue weighted by atomic mass is 9.83. The van der Waals surface area contributed by atoms with Crippen LogP contribution in [0.2, 0.25) is 0 Å². The summed E-state index contributed by atoms with van der Waals surface area (Å²) in [5.41, 5.74) is 5.22. The predicted octanol–water partition coefficient (Wildman–Crippen LogP) is 5.58. The lowest BCUT2D eigenvalue weighted by molar-refractivity contribution is 0.413. The smallest absolute Gasteiger partial charge is 0.118 e. The highest BCUT2D eigenvalue weighted by Crippen LogP contribution is 2.43. The second-order valence-corrected chi connectivity index (χ2v) is 7.51. The van der Waals surface area contributed by atoms with Crippen LogP contribution in [0.4, 0.5) is 11.4 Å². The summed E-state index contributed by atoms with van der Waals surface area (Å²) in [6.07, 6.45) is 0.775. The van der Waals surface area contributed by atoms with E-state index in [0.717, 1.165) is 40.6 Å². The van der Waals surface area contributed by atoms with Gasteiger partial charge in [0.05, 0.1) is 36.8 Å². The molecule has 0 saturated heterocycles. The van der Waals surface area contributed by atoms with Crippen molar-refractivity contribution in [1.82, 2.24) is 0 Å². The van der Waals surface area contributed by atoms with E-state index in [9.17, 15) is 0 Å². The number of benzene rings is 3. The van der Waals surface area contributed by atoms with Crippen LogP contribution in [-0.4, -0.2) is 27.0 Å². The summed E-state index contributed by atoms with van der Waals surface area (Å²) >= 11 is 0. The van der Waals surface area contributed by atoms with Crippen LogP contribution in [0, 0.1) is 0 Å². The van der Waals surface area contributed by atoms with Gasteiger partial charge in [-0.2, -0.15) is 0 Å². The minimum absolute atomic E-state index is 0.266. The fourth-order valence-corrected chi connectivity index (χ4v) is 3.93. The first kappa shape index (κ1) is 19.1. The van der Waals surface area contributed by atoms with Gasteiger partial charge in [0, 0.05) is 13.5 Å². The number of nitrogens with zero attached hydrogens (tertiary/aromatic N) is 2. The first-order chi connectivity index (χ1) is 14.0. The van der Waals surface area contributed by atoms with E-state index < -0.39 is 0 Å². The van der Waals surface area contributed by atoms with Gasteiger partial charge in [-0.25, -0.2) is 0 Å². The summed E-state index contributed by atoms with van der Waals surface area (Å²) in [5, 5.41) is 0. The van der Waals surface area contributed by atoms with Gasteiger partial charge in [-0.05, 0) is 66.6 Å². The number of anilines is 1. The van der Waals surface area contributed by atoms with Gasteiger partial charge < -0.3 is 14.4 Å². The van der Waals surface area contributed by atoms with Crippen molar-refractivity contribution in [2.45, 2.75) is 18.9 Å². The van der Waals surface area contributed by atoms with Crippen LogP contribution in [0.15, 0.2) is 77.8 Å². The topological polar surface area (TPSA) is 34.1 Å². The molecular formula is C25H26N2O2. The summed E-state index contributed by atoms with van der Waals surface area (Å²) in [6, 6.07) is 24.8. The zero-order chi connectivity index (χ0) is 20.4. The van der Waals surface area contributed by atoms with Crippen LogP contribution in [0.1, 0.15) is 24.5 Å². The number of rotatable bonds is 4. The van der Waals surface area contributed by atoms with Crippen molar-refractivity contribution in [3.8, 4) is 11.5 Å². The normalized spacial score (nSPS) is 18.5. The maximum absolute atomic E-state index is 5.36. The van der Waals surface area contributed by atoms with Gasteiger partial charge in [-0.1, -0.05) is 24.3 Å². The average molecular weight is 386 g/mol. The number of fused-ring (bicyclic) bond motifs is 1. The summed E-state index contributed by atoms with van der Waals surface area (Å²) < 4.78 is 10.7. The van der Waals surface area contributed by atoms with Crippen molar-refractivity contribution in [2.75, 3.05) is 26.2 Å². The van der Waals surface area contributed by atoms with E-state index in [0.29, 0.717) is 0 Å². The summed E-state index contributed by atoms with van der Waals surface area (Å²) in [6.45, 7) is 2.27. The van der Waals surface area contributed by atoms with Gasteiger partial charge >= 0.3 is 0 Å². The Morgan fingerprint density at radius 2 is 1.41 bits per heavy atom. The SMILES string of the molecule is COc1ccc(C2=Nc3ccccc3N(C)C(C)(c3ccc(OC)cc3)C2)cc1. The number of hydrogen-bond acceptors (Lipinski definition) is 4. The molecule has 1 heterocycles. The molecule has 0 N–H and O–H groups in total. The maximum Gasteiger partial charge on any atom is 0.118 e. The summed E-state index contributed by atoms with van der Waals surface area (Å²) in [7, 11) is 5.53. The van der Waals surface area contributed by atoms with E-state index in [-0.39, 0.29) is 5.54 Å². The minimum atomic E-state index is -0.266. The third-order valence-electron chi connectivity index (χ3n) is 5.89.